The molecule has 3 rings (SSSR count). The van der Waals surface area contributed by atoms with Crippen molar-refractivity contribution < 1.29 is 23.4 Å². The fourth-order valence-electron chi connectivity index (χ4n) is 5.15. The third kappa shape index (κ3) is 10.0. The Bertz CT molecular complexity index is 1400. The summed E-state index contributed by atoms with van der Waals surface area (Å²) >= 11 is 1.61. The van der Waals surface area contributed by atoms with Crippen LogP contribution in [0.5, 0.6) is 17.2 Å². The molecule has 0 fully saturated rings. The van der Waals surface area contributed by atoms with Crippen molar-refractivity contribution in [3.63, 3.8) is 0 Å². The Labute approximate surface area is 261 Å². The van der Waals surface area contributed by atoms with E-state index in [-0.39, 0.29) is 5.56 Å². The average molecular weight is 613 g/mol. The summed E-state index contributed by atoms with van der Waals surface area (Å²) in [5, 5.41) is 1.16. The molecular weight excluding hydrogens is 562 g/mol. The highest BCUT2D eigenvalue weighted by Crippen LogP contribution is 2.42. The van der Waals surface area contributed by atoms with Gasteiger partial charge in [0.25, 0.3) is 5.56 Å². The number of rotatable bonds is 18. The second-order valence-electron chi connectivity index (χ2n) is 12.0. The van der Waals surface area contributed by atoms with Crippen molar-refractivity contribution in [1.29, 1.82) is 0 Å². The van der Waals surface area contributed by atoms with Crippen molar-refractivity contribution in [2.75, 3.05) is 54.5 Å². The fraction of sp³-hybridized carbons (Fsp3) is 0.529. The molecule has 8 nitrogen and oxygen atoms in total. The Morgan fingerprint density at radius 1 is 1.00 bits per heavy atom. The second-order valence-corrected chi connectivity index (χ2v) is 12.9. The highest BCUT2D eigenvalue weighted by molar-refractivity contribution is 7.99. The first kappa shape index (κ1) is 34.5. The molecule has 0 bridgehead atoms. The van der Waals surface area contributed by atoms with E-state index in [1.165, 1.54) is 11.1 Å². The van der Waals surface area contributed by atoms with Crippen molar-refractivity contribution in [2.45, 2.75) is 64.8 Å². The van der Waals surface area contributed by atoms with E-state index in [0.29, 0.717) is 59.1 Å². The summed E-state index contributed by atoms with van der Waals surface area (Å²) < 4.78 is 25.4. The quantitative estimate of drug-likeness (QED) is 0.0385. The normalized spacial score (nSPS) is 12.3. The Hall–Kier alpha value is -3.01. The SMILES string of the molecule is COc1cc2c(=O)n(CCCCCC[N+](C)(C)COCc3ccccc3)c(SCC(C)C=C(C)C)nc2c(OC)c1OC. The Kier molecular flexibility index (Phi) is 13.4. The van der Waals surface area contributed by atoms with Crippen LogP contribution in [-0.4, -0.2) is 68.5 Å². The van der Waals surface area contributed by atoms with Gasteiger partial charge in [-0.15, -0.1) is 0 Å². The van der Waals surface area contributed by atoms with Crippen LogP contribution in [0.1, 0.15) is 52.0 Å². The zero-order chi connectivity index (χ0) is 31.4. The topological polar surface area (TPSA) is 71.8 Å². The molecule has 0 N–H and O–H groups in total. The zero-order valence-corrected chi connectivity index (χ0v) is 28.1. The van der Waals surface area contributed by atoms with Gasteiger partial charge in [0.05, 0.1) is 54.0 Å². The summed E-state index contributed by atoms with van der Waals surface area (Å²) in [7, 11) is 9.09. The highest BCUT2D eigenvalue weighted by Gasteiger charge is 2.22. The van der Waals surface area contributed by atoms with Gasteiger partial charge in [0, 0.05) is 12.3 Å². The molecule has 1 atom stereocenters. The molecule has 2 aromatic carbocycles. The summed E-state index contributed by atoms with van der Waals surface area (Å²) in [5.74, 6) is 2.46. The molecule has 0 aliphatic rings. The number of hydrogen-bond donors (Lipinski definition) is 0. The first-order valence-corrected chi connectivity index (χ1v) is 16.0. The van der Waals surface area contributed by atoms with E-state index in [0.717, 1.165) is 42.5 Å². The summed E-state index contributed by atoms with van der Waals surface area (Å²) in [5.41, 5.74) is 2.88. The fourth-order valence-corrected chi connectivity index (χ4v) is 6.14. The number of hydrogen-bond acceptors (Lipinski definition) is 7. The smallest absolute Gasteiger partial charge is 0.262 e. The second kappa shape index (κ2) is 16.7. The van der Waals surface area contributed by atoms with Crippen LogP contribution in [0.2, 0.25) is 0 Å². The molecule has 1 heterocycles. The molecule has 0 aliphatic heterocycles. The predicted octanol–water partition coefficient (Wildman–Crippen LogP) is 6.93. The van der Waals surface area contributed by atoms with Crippen LogP contribution in [0.25, 0.3) is 10.9 Å². The first-order valence-electron chi connectivity index (χ1n) is 15.0. The van der Waals surface area contributed by atoms with Gasteiger partial charge in [0.2, 0.25) is 5.75 Å². The van der Waals surface area contributed by atoms with E-state index in [1.54, 1.807) is 39.2 Å². The van der Waals surface area contributed by atoms with Crippen LogP contribution in [0.3, 0.4) is 0 Å². The van der Waals surface area contributed by atoms with Gasteiger partial charge in [-0.3, -0.25) is 9.36 Å². The maximum absolute atomic E-state index is 13.9. The van der Waals surface area contributed by atoms with Crippen molar-refractivity contribution in [3.05, 3.63) is 64.0 Å². The standard InChI is InChI=1S/C34H50N3O5S/c1-25(2)20-26(3)23-43-34-35-30-28(21-29(39-6)31(40-7)32(30)41-8)33(38)36(34)18-14-9-10-15-19-37(4,5)24-42-22-27-16-12-11-13-17-27/h11-13,16-17,20-21,26H,9-10,14-15,18-19,22-24H2,1-8H3/q+1. The molecule has 1 unspecified atom stereocenters. The molecule has 1 aromatic heterocycles. The maximum atomic E-state index is 13.9. The summed E-state index contributed by atoms with van der Waals surface area (Å²) in [6.07, 6.45) is 6.37. The third-order valence-corrected chi connectivity index (χ3v) is 8.52. The molecular formula is C34H50N3O5S+. The minimum absolute atomic E-state index is 0.0880. The zero-order valence-electron chi connectivity index (χ0n) is 27.3. The van der Waals surface area contributed by atoms with Gasteiger partial charge in [-0.05, 0) is 50.7 Å². The highest BCUT2D eigenvalue weighted by atomic mass is 32.2. The number of aromatic nitrogens is 2. The molecule has 0 spiro atoms. The number of methoxy groups -OCH3 is 3. The van der Waals surface area contributed by atoms with E-state index in [1.807, 2.05) is 22.8 Å². The van der Waals surface area contributed by atoms with Gasteiger partial charge in [-0.25, -0.2) is 4.98 Å². The van der Waals surface area contributed by atoms with Crippen LogP contribution in [-0.2, 0) is 17.9 Å². The van der Waals surface area contributed by atoms with Crippen molar-refractivity contribution in [1.82, 2.24) is 9.55 Å². The van der Waals surface area contributed by atoms with E-state index >= 15 is 0 Å². The third-order valence-electron chi connectivity index (χ3n) is 7.26. The van der Waals surface area contributed by atoms with Gasteiger partial charge in [0.15, 0.2) is 23.4 Å². The van der Waals surface area contributed by atoms with E-state index in [4.69, 9.17) is 23.9 Å². The lowest BCUT2D eigenvalue weighted by molar-refractivity contribution is -0.910. The summed E-state index contributed by atoms with van der Waals surface area (Å²) in [6, 6.07) is 12.0. The lowest BCUT2D eigenvalue weighted by Crippen LogP contribution is -2.42. The van der Waals surface area contributed by atoms with E-state index in [9.17, 15) is 4.79 Å². The number of nitrogens with zero attached hydrogens (tertiary/aromatic N) is 3. The van der Waals surface area contributed by atoms with Crippen LogP contribution >= 0.6 is 11.8 Å². The number of ether oxygens (including phenoxy) is 4. The van der Waals surface area contributed by atoms with E-state index in [2.05, 4.69) is 53.1 Å². The van der Waals surface area contributed by atoms with Crippen molar-refractivity contribution in [3.8, 4) is 17.2 Å². The van der Waals surface area contributed by atoms with E-state index < -0.39 is 0 Å². The van der Waals surface area contributed by atoms with Crippen molar-refractivity contribution in [2.24, 2.45) is 5.92 Å². The molecule has 236 valence electrons. The van der Waals surface area contributed by atoms with Gasteiger partial charge < -0.3 is 23.4 Å². The number of unbranched alkanes of at least 4 members (excludes halogenated alkanes) is 3. The molecule has 43 heavy (non-hydrogen) atoms. The molecule has 0 saturated heterocycles. The minimum atomic E-state index is -0.0880. The summed E-state index contributed by atoms with van der Waals surface area (Å²) in [4.78, 5) is 18.9. The molecule has 0 amide bonds. The lowest BCUT2D eigenvalue weighted by atomic mass is 10.1. The number of allylic oxidation sites excluding steroid dienone is 2. The van der Waals surface area contributed by atoms with Crippen LogP contribution in [0.15, 0.2) is 58.0 Å². The first-order chi connectivity index (χ1) is 20.6. The largest absolute Gasteiger partial charge is 0.493 e. The molecule has 9 heteroatoms. The van der Waals surface area contributed by atoms with Gasteiger partial charge in [0.1, 0.15) is 5.52 Å². The van der Waals surface area contributed by atoms with Crippen molar-refractivity contribution >= 4 is 22.7 Å². The van der Waals surface area contributed by atoms with Crippen LogP contribution in [0.4, 0.5) is 0 Å². The number of thioether (sulfide) groups is 1. The lowest BCUT2D eigenvalue weighted by Gasteiger charge is -2.29. The number of fused-ring (bicyclic) bond motifs is 1. The van der Waals surface area contributed by atoms with Crippen LogP contribution in [0, 0.1) is 5.92 Å². The Morgan fingerprint density at radius 2 is 1.70 bits per heavy atom. The average Bonchev–Trinajstić information content (AvgIpc) is 2.97. The van der Waals surface area contributed by atoms with Crippen LogP contribution < -0.4 is 19.8 Å². The molecule has 0 radical (unpaired) electrons. The predicted molar refractivity (Wildman–Crippen MR) is 177 cm³/mol. The maximum Gasteiger partial charge on any atom is 0.262 e. The number of quaternary nitrogens is 1. The van der Waals surface area contributed by atoms with Gasteiger partial charge >= 0.3 is 0 Å². The van der Waals surface area contributed by atoms with Gasteiger partial charge in [-0.2, -0.15) is 0 Å². The Morgan fingerprint density at radius 3 is 2.35 bits per heavy atom. The molecule has 0 aliphatic carbocycles. The molecule has 0 saturated carbocycles. The number of benzene rings is 2. The Balaban J connectivity index is 1.69. The molecule has 3 aromatic rings. The minimum Gasteiger partial charge on any atom is -0.493 e. The summed E-state index contributed by atoms with van der Waals surface area (Å²) in [6.45, 7) is 9.35. The van der Waals surface area contributed by atoms with Gasteiger partial charge in [-0.1, -0.05) is 67.1 Å². The monoisotopic (exact) mass is 612 g/mol.